The Morgan fingerprint density at radius 3 is 2.79 bits per heavy atom. The van der Waals surface area contributed by atoms with Crippen molar-refractivity contribution in [3.05, 3.63) is 70.9 Å². The number of nitrogens with one attached hydrogen (secondary N) is 1. The third-order valence-corrected chi connectivity index (χ3v) is 5.23. The standard InChI is InChI=1S/C23H21N3O2/c1-4-12-28-18-10-8-17(9-11-18)19-13-22(27)25-23-20(19)14-24-26(23)21-7-5-6-15(2)16(21)3/h1,5-11,14,19H,12-13H2,2-3H3,(H,25,27). The van der Waals surface area contributed by atoms with E-state index >= 15 is 0 Å². The lowest BCUT2D eigenvalue weighted by Crippen LogP contribution is -2.24. The van der Waals surface area contributed by atoms with Gasteiger partial charge in [0.1, 0.15) is 18.2 Å². The lowest BCUT2D eigenvalue weighted by Gasteiger charge is -2.24. The van der Waals surface area contributed by atoms with Crippen molar-refractivity contribution in [1.82, 2.24) is 9.78 Å². The van der Waals surface area contributed by atoms with E-state index in [0.29, 0.717) is 12.2 Å². The SMILES string of the molecule is C#CCOc1ccc(C2CC(=O)Nc3c2cnn3-c2cccc(C)c2C)cc1. The van der Waals surface area contributed by atoms with Gasteiger partial charge in [0, 0.05) is 17.9 Å². The van der Waals surface area contributed by atoms with Gasteiger partial charge in [-0.2, -0.15) is 5.10 Å². The van der Waals surface area contributed by atoms with E-state index in [-0.39, 0.29) is 18.4 Å². The smallest absolute Gasteiger partial charge is 0.226 e. The second-order valence-electron chi connectivity index (χ2n) is 6.95. The van der Waals surface area contributed by atoms with Gasteiger partial charge in [-0.15, -0.1) is 6.42 Å². The van der Waals surface area contributed by atoms with Crippen molar-refractivity contribution in [3.63, 3.8) is 0 Å². The van der Waals surface area contributed by atoms with E-state index in [2.05, 4.69) is 36.2 Å². The maximum absolute atomic E-state index is 12.5. The molecule has 2 aromatic carbocycles. The second kappa shape index (κ2) is 7.24. The summed E-state index contributed by atoms with van der Waals surface area (Å²) >= 11 is 0. The molecule has 1 aromatic heterocycles. The van der Waals surface area contributed by atoms with E-state index in [1.54, 1.807) is 0 Å². The molecule has 2 heterocycles. The molecule has 5 nitrogen and oxygen atoms in total. The highest BCUT2D eigenvalue weighted by atomic mass is 16.5. The molecule has 1 atom stereocenters. The third kappa shape index (κ3) is 3.14. The second-order valence-corrected chi connectivity index (χ2v) is 6.95. The fourth-order valence-corrected chi connectivity index (χ4v) is 3.59. The zero-order chi connectivity index (χ0) is 19.7. The molecule has 140 valence electrons. The summed E-state index contributed by atoms with van der Waals surface area (Å²) in [6.45, 7) is 4.37. The van der Waals surface area contributed by atoms with E-state index in [4.69, 9.17) is 11.2 Å². The third-order valence-electron chi connectivity index (χ3n) is 5.23. The highest BCUT2D eigenvalue weighted by Crippen LogP contribution is 2.38. The van der Waals surface area contributed by atoms with Gasteiger partial charge in [-0.25, -0.2) is 4.68 Å². The first kappa shape index (κ1) is 17.9. The normalized spacial score (nSPS) is 15.5. The summed E-state index contributed by atoms with van der Waals surface area (Å²) in [5, 5.41) is 7.60. The first-order valence-corrected chi connectivity index (χ1v) is 9.19. The number of aryl methyl sites for hydroxylation is 1. The maximum atomic E-state index is 12.5. The summed E-state index contributed by atoms with van der Waals surface area (Å²) in [4.78, 5) is 12.5. The maximum Gasteiger partial charge on any atom is 0.226 e. The molecule has 0 aliphatic carbocycles. The van der Waals surface area contributed by atoms with Crippen LogP contribution < -0.4 is 10.1 Å². The molecular formula is C23H21N3O2. The number of amides is 1. The summed E-state index contributed by atoms with van der Waals surface area (Å²) in [7, 11) is 0. The first-order valence-electron chi connectivity index (χ1n) is 9.19. The van der Waals surface area contributed by atoms with Gasteiger partial charge in [-0.3, -0.25) is 4.79 Å². The Bertz CT molecular complexity index is 1070. The van der Waals surface area contributed by atoms with Crippen LogP contribution in [-0.4, -0.2) is 22.3 Å². The number of hydrogen-bond donors (Lipinski definition) is 1. The minimum atomic E-state index is -0.0516. The number of anilines is 1. The molecule has 1 unspecified atom stereocenters. The zero-order valence-electron chi connectivity index (χ0n) is 15.9. The molecule has 0 spiro atoms. The van der Waals surface area contributed by atoms with Gasteiger partial charge in [0.05, 0.1) is 11.9 Å². The molecule has 0 fully saturated rings. The van der Waals surface area contributed by atoms with E-state index in [9.17, 15) is 4.79 Å². The van der Waals surface area contributed by atoms with Crippen molar-refractivity contribution < 1.29 is 9.53 Å². The Balaban J connectivity index is 1.73. The molecule has 0 saturated carbocycles. The Kier molecular flexibility index (Phi) is 4.62. The lowest BCUT2D eigenvalue weighted by atomic mass is 9.87. The summed E-state index contributed by atoms with van der Waals surface area (Å²) in [5.74, 6) is 3.84. The Morgan fingerprint density at radius 1 is 1.25 bits per heavy atom. The fraction of sp³-hybridized carbons (Fsp3) is 0.217. The first-order chi connectivity index (χ1) is 13.6. The van der Waals surface area contributed by atoms with Crippen LogP contribution in [0.1, 0.15) is 34.6 Å². The molecule has 0 saturated heterocycles. The summed E-state index contributed by atoms with van der Waals surface area (Å²) in [5.41, 5.74) is 5.35. The minimum Gasteiger partial charge on any atom is -0.481 e. The van der Waals surface area contributed by atoms with Crippen molar-refractivity contribution in [1.29, 1.82) is 0 Å². The molecule has 28 heavy (non-hydrogen) atoms. The van der Waals surface area contributed by atoms with Crippen molar-refractivity contribution in [2.75, 3.05) is 11.9 Å². The predicted octanol–water partition coefficient (Wildman–Crippen LogP) is 3.98. The van der Waals surface area contributed by atoms with E-state index < -0.39 is 0 Å². The average Bonchev–Trinajstić information content (AvgIpc) is 3.12. The quantitative estimate of drug-likeness (QED) is 0.706. The molecule has 5 heteroatoms. The fourth-order valence-electron chi connectivity index (χ4n) is 3.59. The predicted molar refractivity (Wildman–Crippen MR) is 109 cm³/mol. The number of rotatable bonds is 4. The van der Waals surface area contributed by atoms with Gasteiger partial charge in [0.15, 0.2) is 0 Å². The Labute approximate surface area is 164 Å². The van der Waals surface area contributed by atoms with Gasteiger partial charge >= 0.3 is 0 Å². The lowest BCUT2D eigenvalue weighted by molar-refractivity contribution is -0.116. The van der Waals surface area contributed by atoms with E-state index in [1.807, 2.05) is 47.3 Å². The highest BCUT2D eigenvalue weighted by Gasteiger charge is 2.30. The summed E-state index contributed by atoms with van der Waals surface area (Å²) in [6.07, 6.45) is 7.47. The number of hydrogen-bond acceptors (Lipinski definition) is 3. The van der Waals surface area contributed by atoms with Crippen molar-refractivity contribution >= 4 is 11.7 Å². The molecule has 4 rings (SSSR count). The molecule has 0 bridgehead atoms. The van der Waals surface area contributed by atoms with Crippen LogP contribution in [-0.2, 0) is 4.79 Å². The van der Waals surface area contributed by atoms with Crippen LogP contribution >= 0.6 is 0 Å². The van der Waals surface area contributed by atoms with Crippen LogP contribution in [0.4, 0.5) is 5.82 Å². The van der Waals surface area contributed by atoms with Crippen molar-refractivity contribution in [2.24, 2.45) is 0 Å². The van der Waals surface area contributed by atoms with Gasteiger partial charge < -0.3 is 10.1 Å². The molecule has 3 aromatic rings. The van der Waals surface area contributed by atoms with Crippen molar-refractivity contribution in [3.8, 4) is 23.8 Å². The number of carbonyl (C=O) groups excluding carboxylic acids is 1. The molecule has 1 aliphatic heterocycles. The molecular weight excluding hydrogens is 350 g/mol. The number of ether oxygens (including phenoxy) is 1. The van der Waals surface area contributed by atoms with Gasteiger partial charge in [-0.05, 0) is 48.7 Å². The molecule has 1 amide bonds. The van der Waals surface area contributed by atoms with Gasteiger partial charge in [0.2, 0.25) is 5.91 Å². The van der Waals surface area contributed by atoms with Gasteiger partial charge in [-0.1, -0.05) is 30.2 Å². The van der Waals surface area contributed by atoms with Crippen LogP contribution in [0, 0.1) is 26.2 Å². The molecule has 0 radical (unpaired) electrons. The van der Waals surface area contributed by atoms with Crippen molar-refractivity contribution in [2.45, 2.75) is 26.2 Å². The number of nitrogens with zero attached hydrogens (tertiary/aromatic N) is 2. The van der Waals surface area contributed by atoms with E-state index in [0.717, 1.165) is 28.2 Å². The van der Waals surface area contributed by atoms with Crippen LogP contribution in [0.25, 0.3) is 5.69 Å². The van der Waals surface area contributed by atoms with Crippen LogP contribution in [0.5, 0.6) is 5.75 Å². The number of aromatic nitrogens is 2. The Morgan fingerprint density at radius 2 is 2.04 bits per heavy atom. The molecule has 1 aliphatic rings. The Hall–Kier alpha value is -3.52. The molecule has 1 N–H and O–H groups in total. The number of fused-ring (bicyclic) bond motifs is 1. The number of benzene rings is 2. The highest BCUT2D eigenvalue weighted by molar-refractivity contribution is 5.94. The largest absolute Gasteiger partial charge is 0.481 e. The number of terminal acetylenes is 1. The number of carbonyl (C=O) groups is 1. The topological polar surface area (TPSA) is 56.1 Å². The van der Waals surface area contributed by atoms with E-state index in [1.165, 1.54) is 5.56 Å². The van der Waals surface area contributed by atoms with Crippen LogP contribution in [0.15, 0.2) is 48.7 Å². The summed E-state index contributed by atoms with van der Waals surface area (Å²) < 4.78 is 7.27. The van der Waals surface area contributed by atoms with Crippen LogP contribution in [0.3, 0.4) is 0 Å². The zero-order valence-corrected chi connectivity index (χ0v) is 15.9. The minimum absolute atomic E-state index is 0.0165. The summed E-state index contributed by atoms with van der Waals surface area (Å²) in [6, 6.07) is 13.8. The average molecular weight is 371 g/mol. The monoisotopic (exact) mass is 371 g/mol. The van der Waals surface area contributed by atoms with Crippen LogP contribution in [0.2, 0.25) is 0 Å². The van der Waals surface area contributed by atoms with Gasteiger partial charge in [0.25, 0.3) is 0 Å².